The number of H-pyrrole nitrogens is 1. The molecule has 0 amide bonds. The minimum absolute atomic E-state index is 0.545. The average Bonchev–Trinajstić information content (AvgIpc) is 3.02. The Hall–Kier alpha value is -2.46. The van der Waals surface area contributed by atoms with Gasteiger partial charge >= 0.3 is 0 Å². The van der Waals surface area contributed by atoms with Crippen LogP contribution in [0, 0.1) is 0 Å². The lowest BCUT2D eigenvalue weighted by molar-refractivity contribution is 1.07. The number of hydrogen-bond donors (Lipinski definition) is 2. The summed E-state index contributed by atoms with van der Waals surface area (Å²) in [6.45, 7) is 0.545. The number of rotatable bonds is 3. The van der Waals surface area contributed by atoms with Crippen LogP contribution in [0.3, 0.4) is 0 Å². The van der Waals surface area contributed by atoms with Crippen LogP contribution in [0.15, 0.2) is 54.9 Å². The highest BCUT2D eigenvalue weighted by Crippen LogP contribution is 2.19. The number of aromatic amines is 1. The monoisotopic (exact) mass is 250 g/mol. The van der Waals surface area contributed by atoms with Crippen molar-refractivity contribution in [3.63, 3.8) is 0 Å². The fraction of sp³-hybridized carbons (Fsp3) is 0.0667. The second kappa shape index (κ2) is 5.04. The first-order chi connectivity index (χ1) is 9.36. The molecule has 0 fully saturated rings. The summed E-state index contributed by atoms with van der Waals surface area (Å²) in [6.07, 6.45) is 3.66. The molecular weight excluding hydrogens is 236 g/mol. The van der Waals surface area contributed by atoms with E-state index in [1.54, 1.807) is 6.20 Å². The minimum Gasteiger partial charge on any atom is -0.360 e. The van der Waals surface area contributed by atoms with Crippen LogP contribution in [0.2, 0.25) is 0 Å². The van der Waals surface area contributed by atoms with Crippen molar-refractivity contribution in [2.75, 3.05) is 0 Å². The van der Waals surface area contributed by atoms with Crippen molar-refractivity contribution < 1.29 is 0 Å². The van der Waals surface area contributed by atoms with E-state index in [0.717, 1.165) is 28.3 Å². The predicted molar refractivity (Wildman–Crippen MR) is 75.1 cm³/mol. The molecule has 1 aromatic carbocycles. The Kier molecular flexibility index (Phi) is 3.08. The molecule has 0 radical (unpaired) electrons. The molecule has 0 aliphatic rings. The maximum atomic E-state index is 5.59. The van der Waals surface area contributed by atoms with Crippen LogP contribution < -0.4 is 5.73 Å². The second-order valence-corrected chi connectivity index (χ2v) is 4.25. The molecular formula is C15H14N4. The third-order valence-corrected chi connectivity index (χ3v) is 2.98. The van der Waals surface area contributed by atoms with Crippen molar-refractivity contribution in [2.45, 2.75) is 6.54 Å². The molecule has 94 valence electrons. The highest BCUT2D eigenvalue weighted by Gasteiger charge is 2.04. The molecule has 0 aliphatic heterocycles. The Labute approximate surface area is 111 Å². The van der Waals surface area contributed by atoms with E-state index < -0.39 is 0 Å². The number of aromatic nitrogens is 3. The molecule has 0 spiro atoms. The van der Waals surface area contributed by atoms with Gasteiger partial charge in [-0.05, 0) is 23.8 Å². The van der Waals surface area contributed by atoms with E-state index in [0.29, 0.717) is 6.54 Å². The highest BCUT2D eigenvalue weighted by atomic mass is 14.9. The second-order valence-electron chi connectivity index (χ2n) is 4.25. The molecule has 0 bridgehead atoms. The van der Waals surface area contributed by atoms with Gasteiger partial charge in [-0.3, -0.25) is 0 Å². The van der Waals surface area contributed by atoms with Crippen molar-refractivity contribution in [2.24, 2.45) is 5.73 Å². The van der Waals surface area contributed by atoms with Crippen molar-refractivity contribution >= 4 is 0 Å². The summed E-state index contributed by atoms with van der Waals surface area (Å²) in [5.41, 5.74) is 9.56. The standard InChI is InChI=1S/C15H14N4/c16-10-11-3-5-12(6-4-11)15-18-9-7-14(19-15)13-2-1-8-17-13/h1-9,17H,10,16H2. The van der Waals surface area contributed by atoms with Crippen LogP contribution in [0.25, 0.3) is 22.8 Å². The summed E-state index contributed by atoms with van der Waals surface area (Å²) >= 11 is 0. The van der Waals surface area contributed by atoms with Crippen LogP contribution in [0.4, 0.5) is 0 Å². The van der Waals surface area contributed by atoms with Crippen LogP contribution in [0.5, 0.6) is 0 Å². The smallest absolute Gasteiger partial charge is 0.159 e. The van der Waals surface area contributed by atoms with Gasteiger partial charge in [0.2, 0.25) is 0 Å². The number of nitrogens with one attached hydrogen (secondary N) is 1. The summed E-state index contributed by atoms with van der Waals surface area (Å²) in [4.78, 5) is 12.0. The maximum absolute atomic E-state index is 5.59. The van der Waals surface area contributed by atoms with Gasteiger partial charge in [-0.15, -0.1) is 0 Å². The summed E-state index contributed by atoms with van der Waals surface area (Å²) in [5, 5.41) is 0. The first kappa shape index (κ1) is 11.6. The van der Waals surface area contributed by atoms with E-state index >= 15 is 0 Å². The minimum atomic E-state index is 0.545. The lowest BCUT2D eigenvalue weighted by Gasteiger charge is -2.03. The Morgan fingerprint density at radius 2 is 1.89 bits per heavy atom. The highest BCUT2D eigenvalue weighted by molar-refractivity contribution is 5.61. The van der Waals surface area contributed by atoms with Gasteiger partial charge in [0.25, 0.3) is 0 Å². The molecule has 0 saturated carbocycles. The van der Waals surface area contributed by atoms with Crippen LogP contribution >= 0.6 is 0 Å². The van der Waals surface area contributed by atoms with Gasteiger partial charge in [0, 0.05) is 24.5 Å². The van der Waals surface area contributed by atoms with E-state index in [1.807, 2.05) is 48.7 Å². The van der Waals surface area contributed by atoms with Gasteiger partial charge in [-0.25, -0.2) is 9.97 Å². The Balaban J connectivity index is 1.98. The van der Waals surface area contributed by atoms with Gasteiger partial charge in [-0.1, -0.05) is 24.3 Å². The zero-order valence-corrected chi connectivity index (χ0v) is 10.4. The number of nitrogens with two attached hydrogens (primary N) is 1. The molecule has 0 unspecified atom stereocenters. The van der Waals surface area contributed by atoms with Gasteiger partial charge in [0.05, 0.1) is 11.4 Å². The van der Waals surface area contributed by atoms with Crippen LogP contribution in [0.1, 0.15) is 5.56 Å². The third-order valence-electron chi connectivity index (χ3n) is 2.98. The van der Waals surface area contributed by atoms with Crippen LogP contribution in [-0.2, 0) is 6.54 Å². The van der Waals surface area contributed by atoms with Gasteiger partial charge in [0.15, 0.2) is 5.82 Å². The fourth-order valence-electron chi connectivity index (χ4n) is 1.93. The van der Waals surface area contributed by atoms with Crippen molar-refractivity contribution in [1.82, 2.24) is 15.0 Å². The Bertz CT molecular complexity index is 657. The lowest BCUT2D eigenvalue weighted by atomic mass is 10.1. The SMILES string of the molecule is NCc1ccc(-c2nccc(-c3ccc[nH]3)n2)cc1. The van der Waals surface area contributed by atoms with Crippen molar-refractivity contribution in [3.8, 4) is 22.8 Å². The summed E-state index contributed by atoms with van der Waals surface area (Å²) in [7, 11) is 0. The van der Waals surface area contributed by atoms with E-state index in [-0.39, 0.29) is 0 Å². The number of hydrogen-bond acceptors (Lipinski definition) is 3. The molecule has 0 aliphatic carbocycles. The lowest BCUT2D eigenvalue weighted by Crippen LogP contribution is -1.96. The molecule has 2 aromatic heterocycles. The molecule has 19 heavy (non-hydrogen) atoms. The number of benzene rings is 1. The van der Waals surface area contributed by atoms with Crippen molar-refractivity contribution in [3.05, 3.63) is 60.4 Å². The molecule has 3 aromatic rings. The average molecular weight is 250 g/mol. The van der Waals surface area contributed by atoms with Gasteiger partial charge < -0.3 is 10.7 Å². The zero-order chi connectivity index (χ0) is 13.1. The van der Waals surface area contributed by atoms with E-state index in [4.69, 9.17) is 5.73 Å². The third kappa shape index (κ3) is 2.39. The van der Waals surface area contributed by atoms with E-state index in [2.05, 4.69) is 15.0 Å². The maximum Gasteiger partial charge on any atom is 0.159 e. The van der Waals surface area contributed by atoms with Gasteiger partial charge in [0.1, 0.15) is 0 Å². The molecule has 4 heteroatoms. The predicted octanol–water partition coefficient (Wildman–Crippen LogP) is 2.60. The first-order valence-electron chi connectivity index (χ1n) is 6.13. The molecule has 2 heterocycles. The Morgan fingerprint density at radius 1 is 1.05 bits per heavy atom. The molecule has 3 rings (SSSR count). The summed E-state index contributed by atoms with van der Waals surface area (Å²) in [5.74, 6) is 0.718. The fourth-order valence-corrected chi connectivity index (χ4v) is 1.93. The molecule has 3 N–H and O–H groups in total. The number of nitrogens with zero attached hydrogens (tertiary/aromatic N) is 2. The summed E-state index contributed by atoms with van der Waals surface area (Å²) < 4.78 is 0. The van der Waals surface area contributed by atoms with Crippen LogP contribution in [-0.4, -0.2) is 15.0 Å². The first-order valence-corrected chi connectivity index (χ1v) is 6.13. The quantitative estimate of drug-likeness (QED) is 0.750. The Morgan fingerprint density at radius 3 is 2.58 bits per heavy atom. The van der Waals surface area contributed by atoms with Crippen molar-refractivity contribution in [1.29, 1.82) is 0 Å². The zero-order valence-electron chi connectivity index (χ0n) is 10.4. The molecule has 0 atom stereocenters. The topological polar surface area (TPSA) is 67.6 Å². The van der Waals surface area contributed by atoms with Gasteiger partial charge in [-0.2, -0.15) is 0 Å². The van der Waals surface area contributed by atoms with E-state index in [9.17, 15) is 0 Å². The molecule has 0 saturated heterocycles. The summed E-state index contributed by atoms with van der Waals surface area (Å²) in [6, 6.07) is 13.8. The molecule has 4 nitrogen and oxygen atoms in total. The van der Waals surface area contributed by atoms with E-state index in [1.165, 1.54) is 0 Å². The normalized spacial score (nSPS) is 10.6. The largest absolute Gasteiger partial charge is 0.360 e.